The Hall–Kier alpha value is -3.52. The van der Waals surface area contributed by atoms with Crippen molar-refractivity contribution in [2.24, 2.45) is 0 Å². The Morgan fingerprint density at radius 2 is 2.00 bits per heavy atom. The summed E-state index contributed by atoms with van der Waals surface area (Å²) in [6, 6.07) is 11.3. The third-order valence-electron chi connectivity index (χ3n) is 5.59. The van der Waals surface area contributed by atoms with Gasteiger partial charge in [0.05, 0.1) is 18.4 Å². The normalized spacial score (nSPS) is 14.8. The van der Waals surface area contributed by atoms with Crippen molar-refractivity contribution in [2.75, 3.05) is 31.6 Å². The van der Waals surface area contributed by atoms with Gasteiger partial charge < -0.3 is 15.2 Å². The fraction of sp³-hybridized carbons (Fsp3) is 0.304. The number of carbonyl (C=O) groups is 2. The molecule has 8 heteroatoms. The minimum absolute atomic E-state index is 0.0115. The molecule has 2 amide bonds. The summed E-state index contributed by atoms with van der Waals surface area (Å²) in [5.74, 6) is -0.270. The van der Waals surface area contributed by atoms with E-state index in [1.54, 1.807) is 30.3 Å². The van der Waals surface area contributed by atoms with Crippen molar-refractivity contribution >= 4 is 28.4 Å². The van der Waals surface area contributed by atoms with Gasteiger partial charge in [0.25, 0.3) is 11.5 Å². The molecule has 1 aromatic carbocycles. The van der Waals surface area contributed by atoms with Crippen LogP contribution in [0.3, 0.4) is 0 Å². The van der Waals surface area contributed by atoms with Crippen LogP contribution in [-0.2, 0) is 17.8 Å². The molecule has 8 nitrogen and oxygen atoms in total. The molecule has 0 spiro atoms. The lowest BCUT2D eigenvalue weighted by atomic mass is 10.1. The van der Waals surface area contributed by atoms with Gasteiger partial charge in [0.1, 0.15) is 5.69 Å². The monoisotopic (exact) mass is 419 g/mol. The second kappa shape index (κ2) is 8.69. The summed E-state index contributed by atoms with van der Waals surface area (Å²) in [7, 11) is 1.55. The third kappa shape index (κ3) is 4.34. The number of aromatic amines is 1. The largest absolute Gasteiger partial charge is 0.354 e. The van der Waals surface area contributed by atoms with Crippen molar-refractivity contribution in [3.05, 3.63) is 69.8 Å². The van der Waals surface area contributed by atoms with Gasteiger partial charge in [-0.25, -0.2) is 4.98 Å². The number of pyridine rings is 2. The Labute approximate surface area is 179 Å². The van der Waals surface area contributed by atoms with Gasteiger partial charge in [0.15, 0.2) is 0 Å². The van der Waals surface area contributed by atoms with E-state index in [0.29, 0.717) is 44.0 Å². The zero-order valence-corrected chi connectivity index (χ0v) is 17.6. The Bertz CT molecular complexity index is 1190. The standard InChI is InChI=1S/C23H25N5O3/c1-3-16-11-17-5-4-15(10-20(17)26-22(16)30)13-27-8-9-28(21(29)14-27)18-6-7-19(25-12-18)23(31)24-2/h4-7,10-12H,3,8-9,13-14H2,1-2H3,(H,24,31)(H,26,30). The van der Waals surface area contributed by atoms with Gasteiger partial charge >= 0.3 is 0 Å². The van der Waals surface area contributed by atoms with E-state index in [0.717, 1.165) is 22.0 Å². The summed E-state index contributed by atoms with van der Waals surface area (Å²) in [6.45, 7) is 4.14. The molecule has 1 aliphatic rings. The van der Waals surface area contributed by atoms with Crippen LogP contribution in [0.1, 0.15) is 28.5 Å². The van der Waals surface area contributed by atoms with Crippen LogP contribution >= 0.6 is 0 Å². The van der Waals surface area contributed by atoms with Crippen molar-refractivity contribution in [1.29, 1.82) is 0 Å². The fourth-order valence-corrected chi connectivity index (χ4v) is 3.85. The van der Waals surface area contributed by atoms with Crippen molar-refractivity contribution in [3.63, 3.8) is 0 Å². The van der Waals surface area contributed by atoms with Gasteiger partial charge in [-0.2, -0.15) is 0 Å². The van der Waals surface area contributed by atoms with Gasteiger partial charge in [-0.05, 0) is 41.6 Å². The van der Waals surface area contributed by atoms with E-state index in [1.807, 2.05) is 31.2 Å². The highest BCUT2D eigenvalue weighted by Gasteiger charge is 2.25. The molecule has 31 heavy (non-hydrogen) atoms. The first-order valence-electron chi connectivity index (χ1n) is 10.3. The molecule has 1 aliphatic heterocycles. The highest BCUT2D eigenvalue weighted by atomic mass is 16.2. The van der Waals surface area contributed by atoms with Gasteiger partial charge in [0, 0.05) is 37.8 Å². The van der Waals surface area contributed by atoms with Gasteiger partial charge in [-0.3, -0.25) is 19.3 Å². The molecule has 1 fully saturated rings. The van der Waals surface area contributed by atoms with Crippen LogP contribution in [0.4, 0.5) is 5.69 Å². The molecule has 0 aliphatic carbocycles. The number of amides is 2. The minimum atomic E-state index is -0.259. The zero-order chi connectivity index (χ0) is 22.0. The summed E-state index contributed by atoms with van der Waals surface area (Å²) in [5, 5.41) is 3.54. The molecule has 2 aromatic heterocycles. The molecule has 3 heterocycles. The average molecular weight is 419 g/mol. The first-order valence-corrected chi connectivity index (χ1v) is 10.3. The predicted molar refractivity (Wildman–Crippen MR) is 119 cm³/mol. The van der Waals surface area contributed by atoms with Crippen LogP contribution in [0.15, 0.2) is 47.4 Å². The minimum Gasteiger partial charge on any atom is -0.354 e. The number of aryl methyl sites for hydroxylation is 1. The Morgan fingerprint density at radius 3 is 2.68 bits per heavy atom. The zero-order valence-electron chi connectivity index (χ0n) is 17.6. The summed E-state index contributed by atoms with van der Waals surface area (Å²) in [5.41, 5.74) is 3.59. The number of rotatable bonds is 5. The molecule has 0 bridgehead atoms. The topological polar surface area (TPSA) is 98.4 Å². The van der Waals surface area contributed by atoms with Crippen LogP contribution < -0.4 is 15.8 Å². The summed E-state index contributed by atoms with van der Waals surface area (Å²) in [6.07, 6.45) is 2.26. The maximum Gasteiger partial charge on any atom is 0.269 e. The third-order valence-corrected chi connectivity index (χ3v) is 5.59. The first kappa shape index (κ1) is 20.7. The van der Waals surface area contributed by atoms with Crippen LogP contribution in [0.25, 0.3) is 10.9 Å². The number of H-pyrrole nitrogens is 1. The number of anilines is 1. The Morgan fingerprint density at radius 1 is 1.16 bits per heavy atom. The molecule has 3 aromatic rings. The Balaban J connectivity index is 1.44. The SMILES string of the molecule is CCc1cc2ccc(CN3CCN(c4ccc(C(=O)NC)nc4)C(=O)C3)cc2[nH]c1=O. The molecule has 0 unspecified atom stereocenters. The van der Waals surface area contributed by atoms with E-state index in [2.05, 4.69) is 20.2 Å². The molecular weight excluding hydrogens is 394 g/mol. The van der Waals surface area contributed by atoms with E-state index in [4.69, 9.17) is 0 Å². The highest BCUT2D eigenvalue weighted by molar-refractivity contribution is 5.96. The number of hydrogen-bond donors (Lipinski definition) is 2. The quantitative estimate of drug-likeness (QED) is 0.656. The molecule has 1 saturated heterocycles. The molecular formula is C23H25N5O3. The number of nitrogens with zero attached hydrogens (tertiary/aromatic N) is 3. The van der Waals surface area contributed by atoms with Crippen molar-refractivity contribution in [3.8, 4) is 0 Å². The van der Waals surface area contributed by atoms with E-state index >= 15 is 0 Å². The first-order chi connectivity index (χ1) is 15.0. The number of hydrogen-bond acceptors (Lipinski definition) is 5. The molecule has 4 rings (SSSR count). The second-order valence-electron chi connectivity index (χ2n) is 7.64. The van der Waals surface area contributed by atoms with E-state index in [-0.39, 0.29) is 17.4 Å². The van der Waals surface area contributed by atoms with E-state index < -0.39 is 0 Å². The Kier molecular flexibility index (Phi) is 5.81. The summed E-state index contributed by atoms with van der Waals surface area (Å²) in [4.78, 5) is 47.4. The molecule has 0 saturated carbocycles. The predicted octanol–water partition coefficient (Wildman–Crippen LogP) is 1.69. The lowest BCUT2D eigenvalue weighted by Gasteiger charge is -2.34. The molecule has 2 N–H and O–H groups in total. The summed E-state index contributed by atoms with van der Waals surface area (Å²) < 4.78 is 0. The van der Waals surface area contributed by atoms with Gasteiger partial charge in [-0.1, -0.05) is 19.1 Å². The van der Waals surface area contributed by atoms with Gasteiger partial charge in [-0.15, -0.1) is 0 Å². The number of benzene rings is 1. The summed E-state index contributed by atoms with van der Waals surface area (Å²) >= 11 is 0. The van der Waals surface area contributed by atoms with Crippen LogP contribution in [-0.4, -0.2) is 53.4 Å². The maximum atomic E-state index is 12.7. The fourth-order valence-electron chi connectivity index (χ4n) is 3.85. The van der Waals surface area contributed by atoms with Crippen LogP contribution in [0.2, 0.25) is 0 Å². The van der Waals surface area contributed by atoms with Gasteiger partial charge in [0.2, 0.25) is 5.91 Å². The maximum absolute atomic E-state index is 12.7. The highest BCUT2D eigenvalue weighted by Crippen LogP contribution is 2.19. The van der Waals surface area contributed by atoms with E-state index in [9.17, 15) is 14.4 Å². The smallest absolute Gasteiger partial charge is 0.269 e. The number of nitrogens with one attached hydrogen (secondary N) is 2. The number of carbonyl (C=O) groups excluding carboxylic acids is 2. The number of fused-ring (bicyclic) bond motifs is 1. The second-order valence-corrected chi connectivity index (χ2v) is 7.64. The van der Waals surface area contributed by atoms with Crippen molar-refractivity contribution < 1.29 is 9.59 Å². The lowest BCUT2D eigenvalue weighted by Crippen LogP contribution is -2.50. The van der Waals surface area contributed by atoms with E-state index in [1.165, 1.54) is 0 Å². The molecule has 160 valence electrons. The number of aromatic nitrogens is 2. The molecule has 0 radical (unpaired) electrons. The van der Waals surface area contributed by atoms with Crippen molar-refractivity contribution in [2.45, 2.75) is 19.9 Å². The van der Waals surface area contributed by atoms with Crippen molar-refractivity contribution in [1.82, 2.24) is 20.2 Å². The van der Waals surface area contributed by atoms with Crippen LogP contribution in [0, 0.1) is 0 Å². The molecule has 0 atom stereocenters. The van der Waals surface area contributed by atoms with Crippen LogP contribution in [0.5, 0.6) is 0 Å². The number of piperazine rings is 1. The lowest BCUT2D eigenvalue weighted by molar-refractivity contribution is -0.121. The average Bonchev–Trinajstić information content (AvgIpc) is 2.78.